The summed E-state index contributed by atoms with van der Waals surface area (Å²) in [6, 6.07) is 2.79. The molecule has 114 valence electrons. The van der Waals surface area contributed by atoms with Gasteiger partial charge in [-0.25, -0.2) is 13.6 Å². The van der Waals surface area contributed by atoms with Crippen molar-refractivity contribution in [2.75, 3.05) is 17.4 Å². The lowest BCUT2D eigenvalue weighted by molar-refractivity contribution is -0.147. The van der Waals surface area contributed by atoms with Crippen LogP contribution >= 0.6 is 23.5 Å². The number of hydrogen-bond acceptors (Lipinski definition) is 4. The number of carboxylic acid groups (broad SMARTS) is 1. The van der Waals surface area contributed by atoms with E-state index < -0.39 is 23.6 Å². The van der Waals surface area contributed by atoms with E-state index in [2.05, 4.69) is 0 Å². The van der Waals surface area contributed by atoms with Gasteiger partial charge in [0, 0.05) is 22.8 Å². The van der Waals surface area contributed by atoms with Gasteiger partial charge in [-0.2, -0.15) is 0 Å². The molecular formula is C13H13F2NO3S2. The van der Waals surface area contributed by atoms with Crippen LogP contribution in [0.4, 0.5) is 8.78 Å². The van der Waals surface area contributed by atoms with Gasteiger partial charge in [0.05, 0.1) is 5.88 Å². The zero-order valence-corrected chi connectivity index (χ0v) is 12.6. The molecule has 1 atom stereocenters. The van der Waals surface area contributed by atoms with E-state index in [9.17, 15) is 18.4 Å². The lowest BCUT2D eigenvalue weighted by Gasteiger charge is -2.20. The highest BCUT2D eigenvalue weighted by molar-refractivity contribution is 7.99. The van der Waals surface area contributed by atoms with Crippen molar-refractivity contribution in [1.82, 2.24) is 4.90 Å². The van der Waals surface area contributed by atoms with Crippen LogP contribution in [0.25, 0.3) is 0 Å². The van der Waals surface area contributed by atoms with Crippen molar-refractivity contribution < 1.29 is 23.5 Å². The van der Waals surface area contributed by atoms with Crippen LogP contribution in [0.3, 0.4) is 0 Å². The Hall–Kier alpha value is -1.28. The number of aliphatic carboxylic acids is 1. The van der Waals surface area contributed by atoms with Crippen molar-refractivity contribution in [2.24, 2.45) is 0 Å². The van der Waals surface area contributed by atoms with Crippen LogP contribution < -0.4 is 0 Å². The maximum absolute atomic E-state index is 13.0. The van der Waals surface area contributed by atoms with E-state index in [-0.39, 0.29) is 12.3 Å². The molecule has 21 heavy (non-hydrogen) atoms. The summed E-state index contributed by atoms with van der Waals surface area (Å²) < 4.78 is 25.8. The summed E-state index contributed by atoms with van der Waals surface area (Å²) in [4.78, 5) is 24.8. The number of halogens is 2. The van der Waals surface area contributed by atoms with Gasteiger partial charge in [0.25, 0.3) is 0 Å². The monoisotopic (exact) mass is 333 g/mol. The number of rotatable bonds is 5. The molecule has 1 aliphatic rings. The Kier molecular flexibility index (Phi) is 5.46. The molecule has 1 N–H and O–H groups in total. The smallest absolute Gasteiger partial charge is 0.327 e. The van der Waals surface area contributed by atoms with Gasteiger partial charge >= 0.3 is 5.97 Å². The van der Waals surface area contributed by atoms with E-state index in [0.717, 1.165) is 12.1 Å². The Labute approximate surface area is 128 Å². The lowest BCUT2D eigenvalue weighted by atomic mass is 10.3. The van der Waals surface area contributed by atoms with Gasteiger partial charge in [0.1, 0.15) is 6.04 Å². The molecule has 1 saturated heterocycles. The topological polar surface area (TPSA) is 57.6 Å². The molecule has 0 radical (unpaired) electrons. The predicted octanol–water partition coefficient (Wildman–Crippen LogP) is 2.43. The quantitative estimate of drug-likeness (QED) is 0.839. The summed E-state index contributed by atoms with van der Waals surface area (Å²) in [6.07, 6.45) is 0.161. The third kappa shape index (κ3) is 4.10. The first-order valence-corrected chi connectivity index (χ1v) is 8.31. The van der Waals surface area contributed by atoms with Gasteiger partial charge in [0.2, 0.25) is 5.91 Å². The second-order valence-corrected chi connectivity index (χ2v) is 6.56. The summed E-state index contributed by atoms with van der Waals surface area (Å²) in [5.41, 5.74) is 0. The highest BCUT2D eigenvalue weighted by Gasteiger charge is 2.33. The lowest BCUT2D eigenvalue weighted by Crippen LogP contribution is -2.41. The molecule has 1 heterocycles. The second-order valence-electron chi connectivity index (χ2n) is 4.39. The van der Waals surface area contributed by atoms with E-state index in [1.165, 1.54) is 34.5 Å². The number of carbonyl (C=O) groups is 2. The van der Waals surface area contributed by atoms with E-state index in [1.807, 2.05) is 0 Å². The highest BCUT2D eigenvalue weighted by atomic mass is 32.2. The fraction of sp³-hybridized carbons (Fsp3) is 0.385. The molecule has 1 fully saturated rings. The van der Waals surface area contributed by atoms with Crippen LogP contribution in [0.1, 0.15) is 6.42 Å². The molecule has 0 bridgehead atoms. The summed E-state index contributed by atoms with van der Waals surface area (Å²) in [5.74, 6) is -1.90. The normalized spacial score (nSPS) is 18.0. The molecule has 0 spiro atoms. The molecule has 1 aliphatic heterocycles. The van der Waals surface area contributed by atoms with Gasteiger partial charge in [0.15, 0.2) is 11.6 Å². The fourth-order valence-electron chi connectivity index (χ4n) is 1.86. The SMILES string of the molecule is O=C(O)[C@@H]1CSCN1C(=O)CCSc1ccc(F)c(F)c1. The van der Waals surface area contributed by atoms with Gasteiger partial charge < -0.3 is 10.0 Å². The molecule has 0 unspecified atom stereocenters. The highest BCUT2D eigenvalue weighted by Crippen LogP contribution is 2.24. The number of carbonyl (C=O) groups excluding carboxylic acids is 1. The largest absolute Gasteiger partial charge is 0.480 e. The summed E-state index contributed by atoms with van der Waals surface area (Å²) in [7, 11) is 0. The number of benzene rings is 1. The Balaban J connectivity index is 1.84. The maximum atomic E-state index is 13.0. The van der Waals surface area contributed by atoms with Gasteiger partial charge in [-0.3, -0.25) is 4.79 Å². The van der Waals surface area contributed by atoms with Crippen LogP contribution in [-0.2, 0) is 9.59 Å². The molecule has 0 aliphatic carbocycles. The van der Waals surface area contributed by atoms with Crippen molar-refractivity contribution in [1.29, 1.82) is 0 Å². The number of thioether (sulfide) groups is 2. The van der Waals surface area contributed by atoms with Crippen molar-refractivity contribution >= 4 is 35.4 Å². The zero-order valence-electron chi connectivity index (χ0n) is 10.9. The standard InChI is InChI=1S/C13H13F2NO3S2/c14-9-2-1-8(5-10(9)15)21-4-3-12(17)16-7-20-6-11(16)13(18)19/h1-2,5,11H,3-4,6-7H2,(H,18,19)/t11-/m0/s1. The van der Waals surface area contributed by atoms with Crippen molar-refractivity contribution in [3.63, 3.8) is 0 Å². The Morgan fingerprint density at radius 3 is 2.81 bits per heavy atom. The van der Waals surface area contributed by atoms with Crippen LogP contribution in [-0.4, -0.2) is 45.3 Å². The minimum Gasteiger partial charge on any atom is -0.480 e. The average Bonchev–Trinajstić information content (AvgIpc) is 2.92. The molecule has 0 aromatic heterocycles. The number of amides is 1. The van der Waals surface area contributed by atoms with E-state index in [4.69, 9.17) is 5.11 Å². The van der Waals surface area contributed by atoms with Crippen LogP contribution in [0.2, 0.25) is 0 Å². The number of nitrogens with zero attached hydrogens (tertiary/aromatic N) is 1. The molecule has 4 nitrogen and oxygen atoms in total. The van der Waals surface area contributed by atoms with Crippen molar-refractivity contribution in [2.45, 2.75) is 17.4 Å². The van der Waals surface area contributed by atoms with E-state index >= 15 is 0 Å². The zero-order chi connectivity index (χ0) is 15.4. The minimum atomic E-state index is -0.999. The van der Waals surface area contributed by atoms with Crippen LogP contribution in [0.5, 0.6) is 0 Å². The Bertz CT molecular complexity index is 556. The third-order valence-electron chi connectivity index (χ3n) is 2.96. The first-order valence-electron chi connectivity index (χ1n) is 6.17. The molecule has 2 rings (SSSR count). The van der Waals surface area contributed by atoms with Crippen LogP contribution in [0, 0.1) is 11.6 Å². The van der Waals surface area contributed by atoms with Gasteiger partial charge in [-0.15, -0.1) is 23.5 Å². The van der Waals surface area contributed by atoms with Gasteiger partial charge in [-0.05, 0) is 18.2 Å². The fourth-order valence-corrected chi connectivity index (χ4v) is 3.89. The van der Waals surface area contributed by atoms with E-state index in [1.54, 1.807) is 0 Å². The predicted molar refractivity (Wildman–Crippen MR) is 77.3 cm³/mol. The first kappa shape index (κ1) is 16.1. The third-order valence-corrected chi connectivity index (χ3v) is 4.97. The molecule has 8 heteroatoms. The molecule has 1 aromatic rings. The van der Waals surface area contributed by atoms with Crippen LogP contribution in [0.15, 0.2) is 23.1 Å². The summed E-state index contributed by atoms with van der Waals surface area (Å²) in [5, 5.41) is 9.00. The molecule has 1 aromatic carbocycles. The van der Waals surface area contributed by atoms with Gasteiger partial charge in [-0.1, -0.05) is 0 Å². The van der Waals surface area contributed by atoms with Crippen molar-refractivity contribution in [3.05, 3.63) is 29.8 Å². The number of carboxylic acids is 1. The Morgan fingerprint density at radius 1 is 1.38 bits per heavy atom. The first-order chi connectivity index (χ1) is 9.99. The van der Waals surface area contributed by atoms with E-state index in [0.29, 0.717) is 22.3 Å². The molecule has 0 saturated carbocycles. The summed E-state index contributed by atoms with van der Waals surface area (Å²) in [6.45, 7) is 0. The maximum Gasteiger partial charge on any atom is 0.327 e. The Morgan fingerprint density at radius 2 is 2.14 bits per heavy atom. The second kappa shape index (κ2) is 7.13. The molecule has 1 amide bonds. The molecular weight excluding hydrogens is 320 g/mol. The average molecular weight is 333 g/mol. The van der Waals surface area contributed by atoms with Crippen molar-refractivity contribution in [3.8, 4) is 0 Å². The minimum absolute atomic E-state index is 0.161. The summed E-state index contributed by atoms with van der Waals surface area (Å²) >= 11 is 2.64. The number of hydrogen-bond donors (Lipinski definition) is 1.